The molecule has 106 valence electrons. The van der Waals surface area contributed by atoms with Crippen LogP contribution in [0, 0.1) is 0 Å². The van der Waals surface area contributed by atoms with Gasteiger partial charge in [-0.3, -0.25) is 0 Å². The molecule has 2 fully saturated rings. The molecule has 0 aromatic rings. The molecular formula is C11H22N2O4S. The largest absolute Gasteiger partial charge is 0.381 e. The van der Waals surface area contributed by atoms with Crippen molar-refractivity contribution in [2.45, 2.75) is 24.2 Å². The van der Waals surface area contributed by atoms with Gasteiger partial charge >= 0.3 is 0 Å². The van der Waals surface area contributed by atoms with Crippen LogP contribution in [0.2, 0.25) is 0 Å². The first-order chi connectivity index (χ1) is 8.64. The number of hydrogen-bond acceptors (Lipinski definition) is 5. The first kappa shape index (κ1) is 14.2. The van der Waals surface area contributed by atoms with Crippen LogP contribution in [-0.4, -0.2) is 70.6 Å². The maximum atomic E-state index is 12.5. The molecule has 1 atom stereocenters. The number of ether oxygens (including phenoxy) is 2. The predicted molar refractivity (Wildman–Crippen MR) is 68.0 cm³/mol. The summed E-state index contributed by atoms with van der Waals surface area (Å²) in [6, 6.07) is 0. The maximum absolute atomic E-state index is 12.5. The average Bonchev–Trinajstić information content (AvgIpc) is 2.40. The van der Waals surface area contributed by atoms with E-state index in [0.717, 1.165) is 0 Å². The molecule has 0 radical (unpaired) electrons. The van der Waals surface area contributed by atoms with Crippen molar-refractivity contribution in [3.05, 3.63) is 0 Å². The second-order valence-electron chi connectivity index (χ2n) is 4.77. The van der Waals surface area contributed by atoms with E-state index < -0.39 is 10.0 Å². The summed E-state index contributed by atoms with van der Waals surface area (Å²) in [7, 11) is -1.35. The van der Waals surface area contributed by atoms with Gasteiger partial charge in [0.25, 0.3) is 0 Å². The van der Waals surface area contributed by atoms with E-state index in [2.05, 4.69) is 5.32 Å². The number of rotatable bonds is 4. The summed E-state index contributed by atoms with van der Waals surface area (Å²) in [5.74, 6) is 0. The van der Waals surface area contributed by atoms with Crippen molar-refractivity contribution in [3.63, 3.8) is 0 Å². The van der Waals surface area contributed by atoms with Crippen molar-refractivity contribution < 1.29 is 17.9 Å². The van der Waals surface area contributed by atoms with E-state index in [9.17, 15) is 8.42 Å². The average molecular weight is 278 g/mol. The Kier molecular flexibility index (Phi) is 4.97. The Morgan fingerprint density at radius 3 is 2.67 bits per heavy atom. The number of nitrogens with one attached hydrogen (secondary N) is 1. The van der Waals surface area contributed by atoms with E-state index in [0.29, 0.717) is 52.3 Å². The Morgan fingerprint density at radius 2 is 2.00 bits per heavy atom. The van der Waals surface area contributed by atoms with Gasteiger partial charge in [-0.2, -0.15) is 4.31 Å². The van der Waals surface area contributed by atoms with Crippen molar-refractivity contribution >= 4 is 10.0 Å². The van der Waals surface area contributed by atoms with Gasteiger partial charge < -0.3 is 14.8 Å². The van der Waals surface area contributed by atoms with E-state index in [-0.39, 0.29) is 11.4 Å². The Balaban J connectivity index is 1.99. The number of nitrogens with zero attached hydrogens (tertiary/aromatic N) is 1. The summed E-state index contributed by atoms with van der Waals surface area (Å²) in [6.45, 7) is 3.19. The van der Waals surface area contributed by atoms with Crippen LogP contribution in [0.1, 0.15) is 12.8 Å². The van der Waals surface area contributed by atoms with E-state index >= 15 is 0 Å². The van der Waals surface area contributed by atoms with Crippen molar-refractivity contribution in [3.8, 4) is 0 Å². The van der Waals surface area contributed by atoms with Gasteiger partial charge in [0.15, 0.2) is 0 Å². The van der Waals surface area contributed by atoms with Crippen molar-refractivity contribution in [1.82, 2.24) is 9.62 Å². The summed E-state index contributed by atoms with van der Waals surface area (Å²) in [6.07, 6.45) is 1.17. The van der Waals surface area contributed by atoms with Gasteiger partial charge in [0, 0.05) is 32.8 Å². The molecule has 1 unspecified atom stereocenters. The smallest absolute Gasteiger partial charge is 0.217 e. The van der Waals surface area contributed by atoms with Crippen LogP contribution in [-0.2, 0) is 19.5 Å². The summed E-state index contributed by atoms with van der Waals surface area (Å²) < 4.78 is 37.3. The highest BCUT2D eigenvalue weighted by atomic mass is 32.2. The minimum atomic E-state index is -3.19. The molecule has 2 heterocycles. The SMILES string of the molecule is CNCC1CN(S(=O)(=O)C2CCOCC2)CCO1. The molecule has 1 N–H and O–H groups in total. The second kappa shape index (κ2) is 6.29. The highest BCUT2D eigenvalue weighted by Crippen LogP contribution is 2.21. The van der Waals surface area contributed by atoms with E-state index in [1.54, 1.807) is 4.31 Å². The van der Waals surface area contributed by atoms with Gasteiger partial charge in [-0.25, -0.2) is 8.42 Å². The Hall–Kier alpha value is -0.210. The molecule has 0 aromatic heterocycles. The van der Waals surface area contributed by atoms with Crippen LogP contribution >= 0.6 is 0 Å². The third-order valence-electron chi connectivity index (χ3n) is 3.48. The van der Waals surface area contributed by atoms with Gasteiger partial charge in [0.05, 0.1) is 18.0 Å². The number of sulfonamides is 1. The zero-order chi connectivity index (χ0) is 13.0. The minimum absolute atomic E-state index is 0.0432. The molecule has 0 spiro atoms. The fourth-order valence-electron chi connectivity index (χ4n) is 2.46. The zero-order valence-corrected chi connectivity index (χ0v) is 11.6. The Bertz CT molecular complexity index is 352. The lowest BCUT2D eigenvalue weighted by molar-refractivity contribution is -0.0000513. The Labute approximate surface area is 109 Å². The minimum Gasteiger partial charge on any atom is -0.381 e. The highest BCUT2D eigenvalue weighted by Gasteiger charge is 2.36. The zero-order valence-electron chi connectivity index (χ0n) is 10.8. The third-order valence-corrected chi connectivity index (χ3v) is 5.85. The van der Waals surface area contributed by atoms with Gasteiger partial charge in [0.2, 0.25) is 10.0 Å². The lowest BCUT2D eigenvalue weighted by atomic mass is 10.2. The molecule has 2 aliphatic heterocycles. The lowest BCUT2D eigenvalue weighted by Crippen LogP contribution is -2.51. The number of morpholine rings is 1. The second-order valence-corrected chi connectivity index (χ2v) is 6.98. The molecule has 0 aliphatic carbocycles. The highest BCUT2D eigenvalue weighted by molar-refractivity contribution is 7.89. The van der Waals surface area contributed by atoms with Crippen LogP contribution in [0.5, 0.6) is 0 Å². The normalized spacial score (nSPS) is 28.4. The fraction of sp³-hybridized carbons (Fsp3) is 1.00. The predicted octanol–water partition coefficient (Wildman–Crippen LogP) is -0.585. The fourth-order valence-corrected chi connectivity index (χ4v) is 4.37. The van der Waals surface area contributed by atoms with Crippen LogP contribution in [0.3, 0.4) is 0 Å². The summed E-state index contributed by atoms with van der Waals surface area (Å²) in [5.41, 5.74) is 0. The monoisotopic (exact) mass is 278 g/mol. The van der Waals surface area contributed by atoms with Crippen molar-refractivity contribution in [1.29, 1.82) is 0 Å². The summed E-state index contributed by atoms with van der Waals surface area (Å²) >= 11 is 0. The molecule has 2 rings (SSSR count). The molecule has 0 amide bonds. The van der Waals surface area contributed by atoms with Crippen molar-refractivity contribution in [2.75, 3.05) is 46.5 Å². The Morgan fingerprint density at radius 1 is 1.28 bits per heavy atom. The van der Waals surface area contributed by atoms with Gasteiger partial charge in [0.1, 0.15) is 0 Å². The molecular weight excluding hydrogens is 256 g/mol. The van der Waals surface area contributed by atoms with E-state index in [1.807, 2.05) is 7.05 Å². The number of likely N-dealkylation sites (N-methyl/N-ethyl adjacent to an activating group) is 1. The molecule has 0 bridgehead atoms. The molecule has 7 heteroatoms. The maximum Gasteiger partial charge on any atom is 0.217 e. The van der Waals surface area contributed by atoms with Gasteiger partial charge in [-0.15, -0.1) is 0 Å². The van der Waals surface area contributed by atoms with Crippen LogP contribution in [0.4, 0.5) is 0 Å². The van der Waals surface area contributed by atoms with Crippen LogP contribution in [0.25, 0.3) is 0 Å². The van der Waals surface area contributed by atoms with Gasteiger partial charge in [-0.1, -0.05) is 0 Å². The topological polar surface area (TPSA) is 67.9 Å². The molecule has 2 saturated heterocycles. The standard InChI is InChI=1S/C11H22N2O4S/c1-12-8-10-9-13(4-7-17-10)18(14,15)11-2-5-16-6-3-11/h10-12H,2-9H2,1H3. The van der Waals surface area contributed by atoms with Gasteiger partial charge in [-0.05, 0) is 19.9 Å². The van der Waals surface area contributed by atoms with E-state index in [4.69, 9.17) is 9.47 Å². The van der Waals surface area contributed by atoms with Crippen molar-refractivity contribution in [2.24, 2.45) is 0 Å². The summed E-state index contributed by atoms with van der Waals surface area (Å²) in [5, 5.41) is 2.74. The van der Waals surface area contributed by atoms with Crippen LogP contribution < -0.4 is 5.32 Å². The summed E-state index contributed by atoms with van der Waals surface area (Å²) in [4.78, 5) is 0. The quantitative estimate of drug-likeness (QED) is 0.745. The third kappa shape index (κ3) is 3.21. The first-order valence-corrected chi connectivity index (χ1v) is 7.98. The van der Waals surface area contributed by atoms with Crippen LogP contribution in [0.15, 0.2) is 0 Å². The molecule has 0 saturated carbocycles. The lowest BCUT2D eigenvalue weighted by Gasteiger charge is -2.35. The molecule has 18 heavy (non-hydrogen) atoms. The van der Waals surface area contributed by atoms with E-state index in [1.165, 1.54) is 0 Å². The molecule has 0 aromatic carbocycles. The molecule has 2 aliphatic rings. The first-order valence-electron chi connectivity index (χ1n) is 6.47. The number of hydrogen-bond donors (Lipinski definition) is 1. The molecule has 6 nitrogen and oxygen atoms in total.